The van der Waals surface area contributed by atoms with Crippen LogP contribution in [0.1, 0.15) is 17.2 Å². The van der Waals surface area contributed by atoms with E-state index in [4.69, 9.17) is 5.26 Å². The number of nitrogens with zero attached hydrogens (tertiary/aromatic N) is 1. The Labute approximate surface area is 114 Å². The molecular formula is C17H16N2. The van der Waals surface area contributed by atoms with Gasteiger partial charge in [-0.3, -0.25) is 0 Å². The summed E-state index contributed by atoms with van der Waals surface area (Å²) in [5.74, 6) is 0. The molecule has 0 saturated carbocycles. The lowest BCUT2D eigenvalue weighted by atomic mass is 10.1. The lowest BCUT2D eigenvalue weighted by Gasteiger charge is -2.15. The predicted molar refractivity (Wildman–Crippen MR) is 77.2 cm³/mol. The zero-order valence-electron chi connectivity index (χ0n) is 10.7. The van der Waals surface area contributed by atoms with Gasteiger partial charge in [0.1, 0.15) is 0 Å². The lowest BCUT2D eigenvalue weighted by molar-refractivity contribution is 0.621. The monoisotopic (exact) mass is 248 g/mol. The molecule has 1 N–H and O–H groups in total. The number of hydrogen-bond donors (Lipinski definition) is 1. The Hall–Kier alpha value is -2.37. The number of hydrogen-bond acceptors (Lipinski definition) is 2. The van der Waals surface area contributed by atoms with Gasteiger partial charge in [-0.05, 0) is 11.1 Å². The summed E-state index contributed by atoms with van der Waals surface area (Å²) < 4.78 is 0. The molecule has 0 unspecified atom stereocenters. The van der Waals surface area contributed by atoms with Gasteiger partial charge in [0.2, 0.25) is 0 Å². The number of nitrogens with one attached hydrogen (secondary N) is 1. The van der Waals surface area contributed by atoms with Gasteiger partial charge in [-0.2, -0.15) is 5.26 Å². The lowest BCUT2D eigenvalue weighted by Crippen LogP contribution is -2.19. The van der Waals surface area contributed by atoms with E-state index in [0.717, 1.165) is 12.1 Å². The average molecular weight is 248 g/mol. The van der Waals surface area contributed by atoms with Crippen molar-refractivity contribution in [1.29, 1.82) is 5.26 Å². The van der Waals surface area contributed by atoms with Crippen LogP contribution in [0.3, 0.4) is 0 Å². The fourth-order valence-electron chi connectivity index (χ4n) is 1.92. The quantitative estimate of drug-likeness (QED) is 0.821. The van der Waals surface area contributed by atoms with Crippen LogP contribution in [0.4, 0.5) is 0 Å². The zero-order valence-corrected chi connectivity index (χ0v) is 10.7. The predicted octanol–water partition coefficient (Wildman–Crippen LogP) is 3.60. The molecule has 1 atom stereocenters. The summed E-state index contributed by atoms with van der Waals surface area (Å²) in [6.45, 7) is 0.774. The minimum absolute atomic E-state index is 0.0565. The van der Waals surface area contributed by atoms with Crippen molar-refractivity contribution in [3.8, 4) is 6.07 Å². The summed E-state index contributed by atoms with van der Waals surface area (Å²) >= 11 is 0. The van der Waals surface area contributed by atoms with E-state index in [1.165, 1.54) is 11.6 Å². The number of nitriles is 1. The molecule has 94 valence electrons. The van der Waals surface area contributed by atoms with Crippen LogP contribution in [0.2, 0.25) is 0 Å². The third-order valence-electron chi connectivity index (χ3n) is 2.89. The summed E-state index contributed by atoms with van der Waals surface area (Å²) in [7, 11) is 0. The van der Waals surface area contributed by atoms with Crippen molar-refractivity contribution >= 4 is 0 Å². The van der Waals surface area contributed by atoms with Gasteiger partial charge >= 0.3 is 0 Å². The Bertz CT molecular complexity index is 553. The summed E-state index contributed by atoms with van der Waals surface area (Å²) in [6, 6.07) is 22.5. The molecule has 0 bridgehead atoms. The van der Waals surface area contributed by atoms with E-state index in [0.29, 0.717) is 0 Å². The summed E-state index contributed by atoms with van der Waals surface area (Å²) in [6.07, 6.45) is 3.41. The van der Waals surface area contributed by atoms with E-state index in [-0.39, 0.29) is 6.04 Å². The van der Waals surface area contributed by atoms with E-state index in [1.807, 2.05) is 48.5 Å². The topological polar surface area (TPSA) is 35.8 Å². The summed E-state index contributed by atoms with van der Waals surface area (Å²) in [4.78, 5) is 0. The molecule has 2 heteroatoms. The van der Waals surface area contributed by atoms with Crippen LogP contribution in [0.25, 0.3) is 0 Å². The van der Waals surface area contributed by atoms with Crippen LogP contribution in [-0.2, 0) is 6.54 Å². The van der Waals surface area contributed by atoms with Crippen molar-refractivity contribution in [2.45, 2.75) is 12.6 Å². The first kappa shape index (κ1) is 13.1. The molecule has 19 heavy (non-hydrogen) atoms. The van der Waals surface area contributed by atoms with Gasteiger partial charge in [0, 0.05) is 12.6 Å². The molecule has 0 aliphatic carbocycles. The van der Waals surface area contributed by atoms with Crippen molar-refractivity contribution in [2.24, 2.45) is 0 Å². The average Bonchev–Trinajstić information content (AvgIpc) is 2.49. The van der Waals surface area contributed by atoms with Crippen LogP contribution in [-0.4, -0.2) is 0 Å². The van der Waals surface area contributed by atoms with Crippen LogP contribution in [0, 0.1) is 11.3 Å². The minimum atomic E-state index is 0.0565. The fourth-order valence-corrected chi connectivity index (χ4v) is 1.92. The van der Waals surface area contributed by atoms with Gasteiger partial charge < -0.3 is 5.32 Å². The Morgan fingerprint density at radius 3 is 2.26 bits per heavy atom. The summed E-state index contributed by atoms with van der Waals surface area (Å²) in [5, 5.41) is 12.1. The molecule has 0 saturated heterocycles. The molecule has 0 amide bonds. The third-order valence-corrected chi connectivity index (χ3v) is 2.89. The maximum Gasteiger partial charge on any atom is 0.0909 e. The molecule has 2 rings (SSSR count). The first-order valence-electron chi connectivity index (χ1n) is 6.28. The molecule has 0 aliphatic heterocycles. The Balaban J connectivity index is 2.07. The van der Waals surface area contributed by atoms with E-state index in [2.05, 4.69) is 29.6 Å². The minimum Gasteiger partial charge on any atom is -0.303 e. The van der Waals surface area contributed by atoms with E-state index < -0.39 is 0 Å². The van der Waals surface area contributed by atoms with E-state index in [9.17, 15) is 0 Å². The third kappa shape index (κ3) is 4.09. The summed E-state index contributed by atoms with van der Waals surface area (Å²) in [5.41, 5.74) is 2.39. The van der Waals surface area contributed by atoms with Gasteiger partial charge in [0.25, 0.3) is 0 Å². The number of rotatable bonds is 5. The first-order chi connectivity index (χ1) is 9.40. The standard InChI is InChI=1S/C17H16N2/c18-13-7-12-17(16-10-5-2-6-11-16)19-14-15-8-3-1-4-9-15/h1-12,17,19H,14H2/b12-7+/t17-/m0/s1. The highest BCUT2D eigenvalue weighted by Crippen LogP contribution is 2.14. The SMILES string of the molecule is N#C/C=C/[C@H](NCc1ccccc1)c1ccccc1. The van der Waals surface area contributed by atoms with Crippen molar-refractivity contribution in [3.63, 3.8) is 0 Å². The van der Waals surface area contributed by atoms with Crippen LogP contribution in [0.5, 0.6) is 0 Å². The zero-order chi connectivity index (χ0) is 13.3. The second-order valence-corrected chi connectivity index (χ2v) is 4.24. The molecule has 0 aromatic heterocycles. The molecule has 2 aromatic carbocycles. The van der Waals surface area contributed by atoms with Crippen LogP contribution < -0.4 is 5.32 Å². The Morgan fingerprint density at radius 2 is 1.63 bits per heavy atom. The molecule has 2 nitrogen and oxygen atoms in total. The molecule has 0 heterocycles. The van der Waals surface area contributed by atoms with E-state index >= 15 is 0 Å². The molecular weight excluding hydrogens is 232 g/mol. The second-order valence-electron chi connectivity index (χ2n) is 4.24. The number of allylic oxidation sites excluding steroid dienone is 1. The maximum absolute atomic E-state index is 8.68. The highest BCUT2D eigenvalue weighted by molar-refractivity contribution is 5.25. The van der Waals surface area contributed by atoms with Crippen LogP contribution in [0.15, 0.2) is 72.8 Å². The molecule has 0 spiro atoms. The normalized spacial score (nSPS) is 12.2. The highest BCUT2D eigenvalue weighted by Gasteiger charge is 2.06. The van der Waals surface area contributed by atoms with Crippen LogP contribution >= 0.6 is 0 Å². The second kappa shape index (κ2) is 7.15. The fraction of sp³-hybridized carbons (Fsp3) is 0.118. The largest absolute Gasteiger partial charge is 0.303 e. The van der Waals surface area contributed by atoms with Gasteiger partial charge in [-0.25, -0.2) is 0 Å². The van der Waals surface area contributed by atoms with Gasteiger partial charge in [-0.1, -0.05) is 66.7 Å². The number of benzene rings is 2. The molecule has 0 aliphatic rings. The van der Waals surface area contributed by atoms with Crippen molar-refractivity contribution < 1.29 is 0 Å². The van der Waals surface area contributed by atoms with E-state index in [1.54, 1.807) is 0 Å². The molecule has 0 radical (unpaired) electrons. The maximum atomic E-state index is 8.68. The van der Waals surface area contributed by atoms with Gasteiger partial charge in [-0.15, -0.1) is 0 Å². The highest BCUT2D eigenvalue weighted by atomic mass is 14.9. The van der Waals surface area contributed by atoms with Crippen molar-refractivity contribution in [2.75, 3.05) is 0 Å². The Kier molecular flexibility index (Phi) is 4.92. The smallest absolute Gasteiger partial charge is 0.0909 e. The van der Waals surface area contributed by atoms with Crippen molar-refractivity contribution in [1.82, 2.24) is 5.32 Å². The van der Waals surface area contributed by atoms with Gasteiger partial charge in [0.15, 0.2) is 0 Å². The molecule has 2 aromatic rings. The Morgan fingerprint density at radius 1 is 1.00 bits per heavy atom. The van der Waals surface area contributed by atoms with Gasteiger partial charge in [0.05, 0.1) is 12.1 Å². The first-order valence-corrected chi connectivity index (χ1v) is 6.28. The van der Waals surface area contributed by atoms with Crippen molar-refractivity contribution in [3.05, 3.63) is 83.9 Å². The molecule has 0 fully saturated rings.